The van der Waals surface area contributed by atoms with Crippen LogP contribution in [0.15, 0.2) is 64.8 Å². The molecule has 1 saturated heterocycles. The Kier molecular flexibility index (Phi) is 9.21. The van der Waals surface area contributed by atoms with Gasteiger partial charge >= 0.3 is 0 Å². The highest BCUT2D eigenvalue weighted by Crippen LogP contribution is 2.13. The van der Waals surface area contributed by atoms with E-state index in [1.165, 1.54) is 17.3 Å². The van der Waals surface area contributed by atoms with Crippen molar-refractivity contribution in [3.8, 4) is 5.75 Å². The van der Waals surface area contributed by atoms with Gasteiger partial charge < -0.3 is 20.3 Å². The number of piperazine rings is 1. The lowest BCUT2D eigenvalue weighted by Crippen LogP contribution is -2.44. The van der Waals surface area contributed by atoms with Gasteiger partial charge in [0, 0.05) is 38.5 Å². The molecule has 0 atom stereocenters. The van der Waals surface area contributed by atoms with Crippen LogP contribution >= 0.6 is 11.8 Å². The van der Waals surface area contributed by atoms with Crippen LogP contribution in [0.3, 0.4) is 0 Å². The number of nitrogens with two attached hydrogens (primary N) is 1. The molecule has 6 nitrogen and oxygen atoms in total. The fourth-order valence-corrected chi connectivity index (χ4v) is 3.72. The number of hydrogen-bond donors (Lipinski definition) is 1. The molecular formula is C23H31N5OS. The number of thioether (sulfide) groups is 1. The van der Waals surface area contributed by atoms with Crippen LogP contribution < -0.4 is 10.5 Å². The Morgan fingerprint density at radius 2 is 1.80 bits per heavy atom. The van der Waals surface area contributed by atoms with E-state index in [-0.39, 0.29) is 0 Å². The zero-order valence-corrected chi connectivity index (χ0v) is 18.4. The summed E-state index contributed by atoms with van der Waals surface area (Å²) in [5.41, 5.74) is 8.09. The minimum Gasteiger partial charge on any atom is -0.494 e. The van der Waals surface area contributed by atoms with Gasteiger partial charge in [0.2, 0.25) is 0 Å². The van der Waals surface area contributed by atoms with Crippen LogP contribution in [-0.4, -0.2) is 67.6 Å². The molecule has 0 aromatic heterocycles. The molecule has 1 aliphatic heterocycles. The van der Waals surface area contributed by atoms with E-state index >= 15 is 0 Å². The number of amidine groups is 1. The van der Waals surface area contributed by atoms with Gasteiger partial charge in [0.25, 0.3) is 0 Å². The highest BCUT2D eigenvalue weighted by atomic mass is 32.2. The zero-order valence-electron chi connectivity index (χ0n) is 17.6. The fourth-order valence-electron chi connectivity index (χ4n) is 3.11. The molecule has 0 amide bonds. The van der Waals surface area contributed by atoms with Crippen molar-refractivity contribution in [2.24, 2.45) is 15.9 Å². The Morgan fingerprint density at radius 1 is 1.07 bits per heavy atom. The first-order chi connectivity index (χ1) is 14.7. The van der Waals surface area contributed by atoms with Gasteiger partial charge in [0.1, 0.15) is 5.75 Å². The number of hydrogen-bond acceptors (Lipinski definition) is 6. The molecular weight excluding hydrogens is 394 g/mol. The number of nitrogens with zero attached hydrogens (tertiary/aromatic N) is 4. The maximum absolute atomic E-state index is 5.91. The monoisotopic (exact) mass is 425 g/mol. The van der Waals surface area contributed by atoms with Crippen molar-refractivity contribution in [3.63, 3.8) is 0 Å². The summed E-state index contributed by atoms with van der Waals surface area (Å²) in [6.45, 7) is 6.46. The minimum absolute atomic E-state index is 0.454. The van der Waals surface area contributed by atoms with Crippen molar-refractivity contribution in [2.45, 2.75) is 12.2 Å². The largest absolute Gasteiger partial charge is 0.494 e. The molecule has 0 saturated carbocycles. The van der Waals surface area contributed by atoms with Crippen LogP contribution in [-0.2, 0) is 5.75 Å². The summed E-state index contributed by atoms with van der Waals surface area (Å²) in [6.07, 6.45) is 2.74. The van der Waals surface area contributed by atoms with Gasteiger partial charge in [-0.1, -0.05) is 42.1 Å². The van der Waals surface area contributed by atoms with E-state index in [4.69, 9.17) is 10.5 Å². The topological polar surface area (TPSA) is 66.5 Å². The van der Waals surface area contributed by atoms with Gasteiger partial charge in [-0.25, -0.2) is 0 Å². The van der Waals surface area contributed by atoms with E-state index in [0.717, 1.165) is 62.8 Å². The number of benzene rings is 2. The van der Waals surface area contributed by atoms with Gasteiger partial charge in [-0.05, 0) is 48.9 Å². The molecule has 7 heteroatoms. The zero-order chi connectivity index (χ0) is 21.0. The van der Waals surface area contributed by atoms with Crippen LogP contribution in [0.4, 0.5) is 0 Å². The van der Waals surface area contributed by atoms with Gasteiger partial charge in [-0.2, -0.15) is 5.10 Å². The van der Waals surface area contributed by atoms with Gasteiger partial charge in [0.15, 0.2) is 5.17 Å². The second kappa shape index (κ2) is 12.4. The summed E-state index contributed by atoms with van der Waals surface area (Å²) in [7, 11) is 2.18. The second-order valence-corrected chi connectivity index (χ2v) is 8.37. The second-order valence-electron chi connectivity index (χ2n) is 7.37. The van der Waals surface area contributed by atoms with Crippen molar-refractivity contribution in [1.82, 2.24) is 9.80 Å². The molecule has 3 rings (SSSR count). The van der Waals surface area contributed by atoms with Crippen LogP contribution in [0.5, 0.6) is 5.75 Å². The minimum atomic E-state index is 0.454. The van der Waals surface area contributed by atoms with E-state index in [0.29, 0.717) is 5.17 Å². The lowest BCUT2D eigenvalue weighted by molar-refractivity contribution is 0.145. The van der Waals surface area contributed by atoms with Crippen LogP contribution in [0.25, 0.3) is 0 Å². The van der Waals surface area contributed by atoms with Crippen LogP contribution in [0.2, 0.25) is 0 Å². The summed E-state index contributed by atoms with van der Waals surface area (Å²) >= 11 is 1.48. The average Bonchev–Trinajstić information content (AvgIpc) is 2.78. The summed E-state index contributed by atoms with van der Waals surface area (Å²) in [5, 5.41) is 8.59. The van der Waals surface area contributed by atoms with Crippen LogP contribution in [0, 0.1) is 0 Å². The van der Waals surface area contributed by atoms with Gasteiger partial charge in [-0.15, -0.1) is 5.10 Å². The summed E-state index contributed by atoms with van der Waals surface area (Å²) in [5.74, 6) is 1.67. The highest BCUT2D eigenvalue weighted by molar-refractivity contribution is 8.13. The van der Waals surface area contributed by atoms with Crippen molar-refractivity contribution in [3.05, 3.63) is 65.7 Å². The van der Waals surface area contributed by atoms with Crippen molar-refractivity contribution in [1.29, 1.82) is 0 Å². The molecule has 0 bridgehead atoms. The van der Waals surface area contributed by atoms with E-state index in [2.05, 4.69) is 39.2 Å². The standard InChI is InChI=1S/C23H31N5OS/c1-27-13-15-28(16-14-27)12-5-17-29-22-10-8-20(9-11-22)18-25-26-23(24)30-19-21-6-3-2-4-7-21/h2-4,6-11,18H,5,12-17,19H2,1H3,(H2,24,26). The van der Waals surface area contributed by atoms with E-state index < -0.39 is 0 Å². The summed E-state index contributed by atoms with van der Waals surface area (Å²) in [6, 6.07) is 18.1. The maximum Gasteiger partial charge on any atom is 0.180 e. The van der Waals surface area contributed by atoms with Crippen molar-refractivity contribution in [2.75, 3.05) is 46.4 Å². The third kappa shape index (κ3) is 8.18. The Labute approximate surface area is 183 Å². The molecule has 0 unspecified atom stereocenters. The fraction of sp³-hybridized carbons (Fsp3) is 0.391. The van der Waals surface area contributed by atoms with E-state index in [1.54, 1.807) is 6.21 Å². The number of likely N-dealkylation sites (N-methyl/N-ethyl adjacent to an activating group) is 1. The normalized spacial score (nSPS) is 16.2. The molecule has 0 aliphatic carbocycles. The number of ether oxygens (including phenoxy) is 1. The van der Waals surface area contributed by atoms with E-state index in [9.17, 15) is 0 Å². The van der Waals surface area contributed by atoms with Crippen molar-refractivity contribution < 1.29 is 4.74 Å². The summed E-state index contributed by atoms with van der Waals surface area (Å²) in [4.78, 5) is 4.88. The Bertz CT molecular complexity index is 802. The Hall–Kier alpha value is -2.35. The Morgan fingerprint density at radius 3 is 2.53 bits per heavy atom. The molecule has 1 fully saturated rings. The molecule has 1 aliphatic rings. The van der Waals surface area contributed by atoms with Gasteiger partial charge in [0.05, 0.1) is 12.8 Å². The average molecular weight is 426 g/mol. The lowest BCUT2D eigenvalue weighted by atomic mass is 10.2. The first-order valence-electron chi connectivity index (χ1n) is 10.4. The van der Waals surface area contributed by atoms with E-state index in [1.807, 2.05) is 42.5 Å². The molecule has 2 aromatic rings. The van der Waals surface area contributed by atoms with Crippen molar-refractivity contribution >= 4 is 23.1 Å². The van der Waals surface area contributed by atoms with Crippen LogP contribution in [0.1, 0.15) is 17.5 Å². The third-order valence-electron chi connectivity index (χ3n) is 4.96. The molecule has 0 spiro atoms. The first-order valence-corrected chi connectivity index (χ1v) is 11.3. The highest BCUT2D eigenvalue weighted by Gasteiger charge is 2.12. The SMILES string of the molecule is CN1CCN(CCCOc2ccc(C=NN=C(N)SCc3ccccc3)cc2)CC1. The third-order valence-corrected chi connectivity index (χ3v) is 5.81. The molecule has 2 aromatic carbocycles. The molecule has 1 heterocycles. The summed E-state index contributed by atoms with van der Waals surface area (Å²) < 4.78 is 5.86. The smallest absolute Gasteiger partial charge is 0.180 e. The molecule has 2 N–H and O–H groups in total. The first kappa shape index (κ1) is 22.3. The maximum atomic E-state index is 5.91. The molecule has 160 valence electrons. The van der Waals surface area contributed by atoms with Gasteiger partial charge in [-0.3, -0.25) is 0 Å². The molecule has 30 heavy (non-hydrogen) atoms. The Balaban J connectivity index is 1.34. The number of rotatable bonds is 9. The quantitative estimate of drug-likeness (QED) is 0.289. The lowest BCUT2D eigenvalue weighted by Gasteiger charge is -2.32. The predicted molar refractivity (Wildman–Crippen MR) is 127 cm³/mol. The molecule has 0 radical (unpaired) electrons. The predicted octanol–water partition coefficient (Wildman–Crippen LogP) is 3.28.